The Kier molecular flexibility index (Phi) is 5.68. The minimum Gasteiger partial charge on any atom is -0.396 e. The molecule has 0 heterocycles. The van der Waals surface area contributed by atoms with Crippen molar-refractivity contribution in [3.05, 3.63) is 29.6 Å². The summed E-state index contributed by atoms with van der Waals surface area (Å²) in [5, 5.41) is 9.11. The molecule has 1 rings (SSSR count). The summed E-state index contributed by atoms with van der Waals surface area (Å²) in [6.07, 6.45) is 1.31. The minimum atomic E-state index is -3.68. The number of rotatable bonds is 7. The van der Waals surface area contributed by atoms with E-state index in [1.807, 2.05) is 13.8 Å². The summed E-state index contributed by atoms with van der Waals surface area (Å²) in [5.74, 6) is -0.533. The molecule has 0 bridgehead atoms. The van der Waals surface area contributed by atoms with E-state index in [9.17, 15) is 12.8 Å². The average Bonchev–Trinajstić information content (AvgIpc) is 2.38. The molecule has 0 atom stereocenters. The first-order valence-corrected chi connectivity index (χ1v) is 8.03. The number of nitrogens with one attached hydrogen (secondary N) is 1. The molecule has 0 amide bonds. The van der Waals surface area contributed by atoms with Crippen LogP contribution in [0.1, 0.15) is 32.3 Å². The summed E-state index contributed by atoms with van der Waals surface area (Å²) in [7, 11) is -3.68. The molecular formula is C14H22FNO3S. The van der Waals surface area contributed by atoms with Crippen LogP contribution in [0.4, 0.5) is 4.39 Å². The van der Waals surface area contributed by atoms with E-state index < -0.39 is 15.8 Å². The molecule has 0 saturated heterocycles. The molecule has 0 aliphatic rings. The fraction of sp³-hybridized carbons (Fsp3) is 0.571. The number of aliphatic hydroxyl groups is 1. The zero-order valence-corrected chi connectivity index (χ0v) is 12.9. The van der Waals surface area contributed by atoms with E-state index in [-0.39, 0.29) is 23.5 Å². The molecule has 0 aromatic heterocycles. The van der Waals surface area contributed by atoms with Crippen molar-refractivity contribution in [3.8, 4) is 0 Å². The van der Waals surface area contributed by atoms with Crippen LogP contribution in [-0.4, -0.2) is 26.7 Å². The highest BCUT2D eigenvalue weighted by Gasteiger charge is 2.18. The van der Waals surface area contributed by atoms with Crippen LogP contribution in [0, 0.1) is 18.2 Å². The van der Waals surface area contributed by atoms with Crippen LogP contribution in [0.2, 0.25) is 0 Å². The standard InChI is InChI=1S/C14H22FNO3S/c1-11-5-6-12(9-13(11)15)20(18,19)16-8-4-7-14(2,3)10-17/h5-6,9,16-17H,4,7-8,10H2,1-3H3. The van der Waals surface area contributed by atoms with Crippen molar-refractivity contribution in [1.29, 1.82) is 0 Å². The number of hydrogen-bond acceptors (Lipinski definition) is 3. The van der Waals surface area contributed by atoms with Gasteiger partial charge in [0.05, 0.1) is 4.90 Å². The van der Waals surface area contributed by atoms with E-state index in [4.69, 9.17) is 5.11 Å². The van der Waals surface area contributed by atoms with Crippen LogP contribution in [-0.2, 0) is 10.0 Å². The van der Waals surface area contributed by atoms with Gasteiger partial charge < -0.3 is 5.11 Å². The molecule has 2 N–H and O–H groups in total. The van der Waals surface area contributed by atoms with Gasteiger partial charge >= 0.3 is 0 Å². The number of aryl methyl sites for hydroxylation is 1. The van der Waals surface area contributed by atoms with E-state index in [0.717, 1.165) is 6.07 Å². The lowest BCUT2D eigenvalue weighted by molar-refractivity contribution is 0.148. The van der Waals surface area contributed by atoms with Crippen molar-refractivity contribution in [2.24, 2.45) is 5.41 Å². The maximum atomic E-state index is 13.4. The lowest BCUT2D eigenvalue weighted by Crippen LogP contribution is -2.26. The normalized spacial score (nSPS) is 12.7. The van der Waals surface area contributed by atoms with Crippen LogP contribution in [0.3, 0.4) is 0 Å². The molecule has 20 heavy (non-hydrogen) atoms. The summed E-state index contributed by atoms with van der Waals surface area (Å²) in [6.45, 7) is 5.73. The molecule has 0 aliphatic carbocycles. The van der Waals surface area contributed by atoms with Gasteiger partial charge in [0.25, 0.3) is 0 Å². The Labute approximate surface area is 120 Å². The molecule has 4 nitrogen and oxygen atoms in total. The third-order valence-corrected chi connectivity index (χ3v) is 4.66. The molecule has 1 aromatic rings. The topological polar surface area (TPSA) is 66.4 Å². The quantitative estimate of drug-likeness (QED) is 0.759. The second kappa shape index (κ2) is 6.65. The third kappa shape index (κ3) is 4.85. The molecule has 0 spiro atoms. The van der Waals surface area contributed by atoms with Crippen LogP contribution < -0.4 is 4.72 Å². The highest BCUT2D eigenvalue weighted by Crippen LogP contribution is 2.20. The Balaban J connectivity index is 2.60. The van der Waals surface area contributed by atoms with Crippen molar-refractivity contribution in [2.45, 2.75) is 38.5 Å². The number of hydrogen-bond donors (Lipinski definition) is 2. The van der Waals surface area contributed by atoms with Gasteiger partial charge in [-0.3, -0.25) is 0 Å². The van der Waals surface area contributed by atoms with E-state index in [0.29, 0.717) is 18.4 Å². The van der Waals surface area contributed by atoms with Crippen LogP contribution in [0.15, 0.2) is 23.1 Å². The first kappa shape index (κ1) is 17.1. The Hall–Kier alpha value is -0.980. The van der Waals surface area contributed by atoms with E-state index in [1.54, 1.807) is 6.92 Å². The molecule has 0 saturated carbocycles. The number of halogens is 1. The van der Waals surface area contributed by atoms with E-state index in [1.165, 1.54) is 12.1 Å². The van der Waals surface area contributed by atoms with Crippen molar-refractivity contribution in [3.63, 3.8) is 0 Å². The largest absolute Gasteiger partial charge is 0.396 e. The van der Waals surface area contributed by atoms with Crippen LogP contribution >= 0.6 is 0 Å². The lowest BCUT2D eigenvalue weighted by Gasteiger charge is -2.21. The number of aliphatic hydroxyl groups excluding tert-OH is 1. The van der Waals surface area contributed by atoms with Crippen LogP contribution in [0.25, 0.3) is 0 Å². The van der Waals surface area contributed by atoms with Gasteiger partial charge in [0.2, 0.25) is 10.0 Å². The molecule has 0 fully saturated rings. The maximum absolute atomic E-state index is 13.4. The van der Waals surface area contributed by atoms with Gasteiger partial charge in [0.15, 0.2) is 0 Å². The Morgan fingerprint density at radius 2 is 2.00 bits per heavy atom. The summed E-state index contributed by atoms with van der Waals surface area (Å²) >= 11 is 0. The van der Waals surface area contributed by atoms with Crippen molar-refractivity contribution >= 4 is 10.0 Å². The highest BCUT2D eigenvalue weighted by atomic mass is 32.2. The Bertz CT molecular complexity index is 556. The Morgan fingerprint density at radius 3 is 2.55 bits per heavy atom. The molecule has 0 aliphatic heterocycles. The van der Waals surface area contributed by atoms with Crippen molar-refractivity contribution in [1.82, 2.24) is 4.72 Å². The Morgan fingerprint density at radius 1 is 1.35 bits per heavy atom. The smallest absolute Gasteiger partial charge is 0.240 e. The first-order chi connectivity index (χ1) is 9.18. The van der Waals surface area contributed by atoms with E-state index >= 15 is 0 Å². The monoisotopic (exact) mass is 303 g/mol. The summed E-state index contributed by atoms with van der Waals surface area (Å²) in [4.78, 5) is -0.0676. The van der Waals surface area contributed by atoms with Gasteiger partial charge in [-0.1, -0.05) is 19.9 Å². The predicted octanol–water partition coefficient (Wildman–Crippen LogP) is 2.21. The molecule has 6 heteroatoms. The van der Waals surface area contributed by atoms with Gasteiger partial charge in [0, 0.05) is 13.2 Å². The highest BCUT2D eigenvalue weighted by molar-refractivity contribution is 7.89. The van der Waals surface area contributed by atoms with Crippen molar-refractivity contribution < 1.29 is 17.9 Å². The summed E-state index contributed by atoms with van der Waals surface area (Å²) < 4.78 is 39.7. The van der Waals surface area contributed by atoms with Crippen molar-refractivity contribution in [2.75, 3.05) is 13.2 Å². The summed E-state index contributed by atoms with van der Waals surface area (Å²) in [6, 6.07) is 3.85. The maximum Gasteiger partial charge on any atom is 0.240 e. The zero-order chi connectivity index (χ0) is 15.4. The SMILES string of the molecule is Cc1ccc(S(=O)(=O)NCCCC(C)(C)CO)cc1F. The van der Waals surface area contributed by atoms with Gasteiger partial charge in [-0.05, 0) is 42.9 Å². The molecule has 1 aromatic carbocycles. The van der Waals surface area contributed by atoms with Crippen LogP contribution in [0.5, 0.6) is 0 Å². The number of sulfonamides is 1. The molecule has 0 unspecified atom stereocenters. The second-order valence-corrected chi connectivity index (χ2v) is 7.50. The van der Waals surface area contributed by atoms with E-state index in [2.05, 4.69) is 4.72 Å². The average molecular weight is 303 g/mol. The van der Waals surface area contributed by atoms with Gasteiger partial charge in [-0.25, -0.2) is 17.5 Å². The number of benzene rings is 1. The lowest BCUT2D eigenvalue weighted by atomic mass is 9.89. The third-order valence-electron chi connectivity index (χ3n) is 3.20. The molecule has 0 radical (unpaired) electrons. The summed E-state index contributed by atoms with van der Waals surface area (Å²) in [5.41, 5.74) is 0.190. The minimum absolute atomic E-state index is 0.0585. The molecule has 114 valence electrons. The fourth-order valence-corrected chi connectivity index (χ4v) is 2.76. The second-order valence-electron chi connectivity index (χ2n) is 5.73. The molecular weight excluding hydrogens is 281 g/mol. The van der Waals surface area contributed by atoms with Gasteiger partial charge in [0.1, 0.15) is 5.82 Å². The van der Waals surface area contributed by atoms with Gasteiger partial charge in [-0.2, -0.15) is 0 Å². The fourth-order valence-electron chi connectivity index (χ4n) is 1.68. The predicted molar refractivity (Wildman–Crippen MR) is 76.4 cm³/mol. The first-order valence-electron chi connectivity index (χ1n) is 6.55. The zero-order valence-electron chi connectivity index (χ0n) is 12.1. The van der Waals surface area contributed by atoms with Gasteiger partial charge in [-0.15, -0.1) is 0 Å².